The molecule has 2 unspecified atom stereocenters. The molecule has 2 N–H and O–H groups in total. The molecule has 94 valence electrons. The molecule has 1 aliphatic heterocycles. The Balaban J connectivity index is 1.88. The van der Waals surface area contributed by atoms with E-state index in [2.05, 4.69) is 42.6 Å². The highest BCUT2D eigenvalue weighted by atomic mass is 32.2. The smallest absolute Gasteiger partial charge is 0.0347 e. The maximum Gasteiger partial charge on any atom is 0.0347 e. The summed E-state index contributed by atoms with van der Waals surface area (Å²) in [7, 11) is 0. The Morgan fingerprint density at radius 2 is 1.88 bits per heavy atom. The van der Waals surface area contributed by atoms with Crippen molar-refractivity contribution in [1.82, 2.24) is 4.90 Å². The largest absolute Gasteiger partial charge is 0.399 e. The molecule has 0 radical (unpaired) electrons. The summed E-state index contributed by atoms with van der Waals surface area (Å²) in [6.07, 6.45) is 1.07. The molecule has 2 rings (SSSR count). The molecule has 1 fully saturated rings. The lowest BCUT2D eigenvalue weighted by atomic mass is 10.1. The Kier molecular flexibility index (Phi) is 4.35. The third-order valence-electron chi connectivity index (χ3n) is 3.25. The molecular weight excluding hydrogens is 228 g/mol. The summed E-state index contributed by atoms with van der Waals surface area (Å²) in [5, 5.41) is 1.51. The zero-order valence-corrected chi connectivity index (χ0v) is 11.5. The molecular formula is C14H22N2S. The van der Waals surface area contributed by atoms with Gasteiger partial charge in [-0.05, 0) is 18.1 Å². The highest BCUT2D eigenvalue weighted by Gasteiger charge is 2.21. The molecule has 1 saturated heterocycles. The maximum atomic E-state index is 5.97. The van der Waals surface area contributed by atoms with Crippen LogP contribution in [-0.4, -0.2) is 35.0 Å². The van der Waals surface area contributed by atoms with Crippen molar-refractivity contribution in [2.24, 2.45) is 0 Å². The second kappa shape index (κ2) is 5.78. The van der Waals surface area contributed by atoms with Gasteiger partial charge in [-0.2, -0.15) is 11.8 Å². The topological polar surface area (TPSA) is 29.3 Å². The molecule has 3 heteroatoms. The summed E-state index contributed by atoms with van der Waals surface area (Å²) < 4.78 is 0. The Morgan fingerprint density at radius 1 is 1.24 bits per heavy atom. The summed E-state index contributed by atoms with van der Waals surface area (Å²) in [6, 6.07) is 8.21. The van der Waals surface area contributed by atoms with Gasteiger partial charge in [-0.1, -0.05) is 32.0 Å². The first-order valence-electron chi connectivity index (χ1n) is 6.36. The van der Waals surface area contributed by atoms with Crippen LogP contribution in [0.25, 0.3) is 0 Å². The molecule has 0 bridgehead atoms. The van der Waals surface area contributed by atoms with Crippen molar-refractivity contribution in [2.75, 3.05) is 25.4 Å². The molecule has 0 spiro atoms. The number of anilines is 1. The summed E-state index contributed by atoms with van der Waals surface area (Å²) in [5.74, 6) is 0. The molecule has 1 aliphatic rings. The average Bonchev–Trinajstić information content (AvgIpc) is 2.27. The van der Waals surface area contributed by atoms with E-state index in [1.165, 1.54) is 18.7 Å². The lowest BCUT2D eigenvalue weighted by Gasteiger charge is -2.34. The predicted molar refractivity (Wildman–Crippen MR) is 77.5 cm³/mol. The van der Waals surface area contributed by atoms with Crippen LogP contribution >= 0.6 is 11.8 Å². The maximum absolute atomic E-state index is 5.97. The third kappa shape index (κ3) is 3.65. The lowest BCUT2D eigenvalue weighted by molar-refractivity contribution is 0.274. The van der Waals surface area contributed by atoms with E-state index in [0.29, 0.717) is 0 Å². The fraction of sp³-hybridized carbons (Fsp3) is 0.571. The summed E-state index contributed by atoms with van der Waals surface area (Å²) in [6.45, 7) is 8.20. The van der Waals surface area contributed by atoms with Gasteiger partial charge in [0, 0.05) is 35.8 Å². The van der Waals surface area contributed by atoms with Crippen LogP contribution < -0.4 is 5.73 Å². The van der Waals surface area contributed by atoms with Gasteiger partial charge in [0.05, 0.1) is 0 Å². The minimum absolute atomic E-state index is 0.756. The first-order chi connectivity index (χ1) is 8.15. The second-order valence-corrected chi connectivity index (χ2v) is 6.85. The van der Waals surface area contributed by atoms with Gasteiger partial charge in [0.25, 0.3) is 0 Å². The molecule has 0 aliphatic carbocycles. The van der Waals surface area contributed by atoms with Crippen molar-refractivity contribution in [2.45, 2.75) is 30.8 Å². The number of hydrogen-bond acceptors (Lipinski definition) is 3. The van der Waals surface area contributed by atoms with E-state index in [-0.39, 0.29) is 0 Å². The molecule has 0 aromatic heterocycles. The van der Waals surface area contributed by atoms with Crippen LogP contribution in [0, 0.1) is 0 Å². The molecule has 0 amide bonds. The van der Waals surface area contributed by atoms with E-state index in [0.717, 1.165) is 29.2 Å². The quantitative estimate of drug-likeness (QED) is 0.836. The van der Waals surface area contributed by atoms with Crippen molar-refractivity contribution in [1.29, 1.82) is 0 Å². The first-order valence-corrected chi connectivity index (χ1v) is 7.30. The van der Waals surface area contributed by atoms with Gasteiger partial charge >= 0.3 is 0 Å². The number of benzene rings is 1. The third-order valence-corrected chi connectivity index (χ3v) is 4.48. The van der Waals surface area contributed by atoms with Crippen LogP contribution in [0.2, 0.25) is 0 Å². The highest BCUT2D eigenvalue weighted by Crippen LogP contribution is 2.24. The molecule has 0 saturated carbocycles. The van der Waals surface area contributed by atoms with Crippen molar-refractivity contribution in [3.63, 3.8) is 0 Å². The van der Waals surface area contributed by atoms with Crippen LogP contribution in [0.5, 0.6) is 0 Å². The summed E-state index contributed by atoms with van der Waals surface area (Å²) >= 11 is 2.10. The number of para-hydroxylation sites is 1. The number of nitrogen functional groups attached to an aromatic ring is 1. The fourth-order valence-corrected chi connectivity index (χ4v) is 3.89. The number of hydrogen-bond donors (Lipinski definition) is 1. The monoisotopic (exact) mass is 250 g/mol. The minimum Gasteiger partial charge on any atom is -0.399 e. The summed E-state index contributed by atoms with van der Waals surface area (Å²) in [5.41, 5.74) is 8.18. The van der Waals surface area contributed by atoms with Gasteiger partial charge in [-0.25, -0.2) is 0 Å². The van der Waals surface area contributed by atoms with Crippen LogP contribution in [0.1, 0.15) is 19.4 Å². The number of thioether (sulfide) groups is 1. The van der Waals surface area contributed by atoms with Crippen LogP contribution in [0.4, 0.5) is 5.69 Å². The Morgan fingerprint density at radius 3 is 2.53 bits per heavy atom. The van der Waals surface area contributed by atoms with Gasteiger partial charge in [-0.15, -0.1) is 0 Å². The van der Waals surface area contributed by atoms with E-state index in [1.807, 2.05) is 12.1 Å². The van der Waals surface area contributed by atoms with Gasteiger partial charge in [0.2, 0.25) is 0 Å². The van der Waals surface area contributed by atoms with Gasteiger partial charge < -0.3 is 10.6 Å². The van der Waals surface area contributed by atoms with Crippen molar-refractivity contribution >= 4 is 17.4 Å². The van der Waals surface area contributed by atoms with E-state index in [1.54, 1.807) is 0 Å². The zero-order valence-electron chi connectivity index (χ0n) is 10.7. The second-order valence-electron chi connectivity index (χ2n) is 4.97. The van der Waals surface area contributed by atoms with Crippen LogP contribution in [0.15, 0.2) is 24.3 Å². The Hall–Kier alpha value is -0.670. The normalized spacial score (nSPS) is 26.0. The number of nitrogens with zero attached hydrogens (tertiary/aromatic N) is 1. The van der Waals surface area contributed by atoms with Gasteiger partial charge in [0.15, 0.2) is 0 Å². The number of rotatable bonds is 3. The average molecular weight is 250 g/mol. The Labute approximate surface area is 109 Å². The van der Waals surface area contributed by atoms with E-state index in [9.17, 15) is 0 Å². The molecule has 1 heterocycles. The van der Waals surface area contributed by atoms with Crippen molar-refractivity contribution in [3.8, 4) is 0 Å². The molecule has 1 aromatic rings. The number of nitrogens with two attached hydrogens (primary N) is 1. The summed E-state index contributed by atoms with van der Waals surface area (Å²) in [4.78, 5) is 2.57. The van der Waals surface area contributed by atoms with E-state index < -0.39 is 0 Å². The zero-order chi connectivity index (χ0) is 12.3. The van der Waals surface area contributed by atoms with Crippen molar-refractivity contribution < 1.29 is 0 Å². The highest BCUT2D eigenvalue weighted by molar-refractivity contribution is 8.00. The van der Waals surface area contributed by atoms with E-state index in [4.69, 9.17) is 5.73 Å². The fourth-order valence-electron chi connectivity index (χ4n) is 2.51. The standard InChI is InChI=1S/C14H22N2S/c1-11-9-16(10-12(2)17-11)8-7-13-5-3-4-6-14(13)15/h3-6,11-12H,7-10,15H2,1-2H3. The minimum atomic E-state index is 0.756. The van der Waals surface area contributed by atoms with Crippen molar-refractivity contribution in [3.05, 3.63) is 29.8 Å². The van der Waals surface area contributed by atoms with Crippen LogP contribution in [0.3, 0.4) is 0 Å². The molecule has 2 atom stereocenters. The van der Waals surface area contributed by atoms with Crippen LogP contribution in [-0.2, 0) is 6.42 Å². The first kappa shape index (κ1) is 12.8. The lowest BCUT2D eigenvalue weighted by Crippen LogP contribution is -2.41. The predicted octanol–water partition coefficient (Wildman–Crippen LogP) is 2.64. The van der Waals surface area contributed by atoms with E-state index >= 15 is 0 Å². The SMILES string of the molecule is CC1CN(CCc2ccccc2N)CC(C)S1. The molecule has 1 aromatic carbocycles. The Bertz CT molecular complexity index is 357. The molecule has 17 heavy (non-hydrogen) atoms. The molecule has 2 nitrogen and oxygen atoms in total. The van der Waals surface area contributed by atoms with Gasteiger partial charge in [0.1, 0.15) is 0 Å². The van der Waals surface area contributed by atoms with Gasteiger partial charge in [-0.3, -0.25) is 0 Å².